The maximum atomic E-state index is 11.9. The number of benzene rings is 1. The lowest BCUT2D eigenvalue weighted by molar-refractivity contribution is -0.147. The minimum atomic E-state index is -0.594. The Labute approximate surface area is 158 Å². The van der Waals surface area contributed by atoms with Crippen LogP contribution in [0.1, 0.15) is 22.5 Å². The summed E-state index contributed by atoms with van der Waals surface area (Å²) in [5.41, 5.74) is 0.628. The van der Waals surface area contributed by atoms with Crippen LogP contribution in [0.3, 0.4) is 0 Å². The number of ketones is 1. The van der Waals surface area contributed by atoms with Gasteiger partial charge >= 0.3 is 5.97 Å². The Kier molecular flexibility index (Phi) is 7.49. The molecule has 0 radical (unpaired) electrons. The fraction of sp³-hybridized carbons (Fsp3) is 0.235. The Bertz CT molecular complexity index is 758. The quantitative estimate of drug-likeness (QED) is 0.409. The molecule has 0 bridgehead atoms. The second-order valence-corrected chi connectivity index (χ2v) is 7.56. The van der Waals surface area contributed by atoms with Crippen LogP contribution in [0.25, 0.3) is 0 Å². The number of thioether (sulfide) groups is 1. The topological polar surface area (TPSA) is 72.5 Å². The fourth-order valence-corrected chi connectivity index (χ4v) is 3.31. The molecule has 1 aromatic carbocycles. The second kappa shape index (κ2) is 9.60. The van der Waals surface area contributed by atoms with Crippen LogP contribution >= 0.6 is 34.7 Å². The molecule has 1 aromatic heterocycles. The van der Waals surface area contributed by atoms with Crippen molar-refractivity contribution >= 4 is 58.0 Å². The van der Waals surface area contributed by atoms with Crippen molar-refractivity contribution in [3.05, 3.63) is 45.6 Å². The van der Waals surface area contributed by atoms with Crippen LogP contribution < -0.4 is 5.32 Å². The molecule has 0 fully saturated rings. The third kappa shape index (κ3) is 6.53. The van der Waals surface area contributed by atoms with E-state index < -0.39 is 11.9 Å². The van der Waals surface area contributed by atoms with E-state index in [1.165, 1.54) is 11.3 Å². The van der Waals surface area contributed by atoms with Crippen LogP contribution in [0.2, 0.25) is 4.34 Å². The molecule has 1 amide bonds. The molecular weight excluding hydrogens is 382 g/mol. The summed E-state index contributed by atoms with van der Waals surface area (Å²) in [6, 6.07) is 10.6. The Morgan fingerprint density at radius 1 is 1.12 bits per heavy atom. The first kappa shape index (κ1) is 19.5. The predicted molar refractivity (Wildman–Crippen MR) is 101 cm³/mol. The van der Waals surface area contributed by atoms with E-state index in [4.69, 9.17) is 16.3 Å². The van der Waals surface area contributed by atoms with E-state index >= 15 is 0 Å². The van der Waals surface area contributed by atoms with E-state index in [0.717, 1.165) is 4.90 Å². The van der Waals surface area contributed by atoms with Crippen molar-refractivity contribution in [2.75, 3.05) is 18.2 Å². The number of anilines is 1. The van der Waals surface area contributed by atoms with Gasteiger partial charge in [0.1, 0.15) is 0 Å². The van der Waals surface area contributed by atoms with Crippen LogP contribution in [0.4, 0.5) is 5.69 Å². The summed E-state index contributed by atoms with van der Waals surface area (Å²) < 4.78 is 5.40. The number of thiophene rings is 1. The third-order valence-electron chi connectivity index (χ3n) is 3.14. The van der Waals surface area contributed by atoms with E-state index in [0.29, 0.717) is 14.9 Å². The molecule has 25 heavy (non-hydrogen) atoms. The number of ether oxygens (including phenoxy) is 1. The van der Waals surface area contributed by atoms with Gasteiger partial charge in [-0.1, -0.05) is 11.6 Å². The number of halogens is 1. The van der Waals surface area contributed by atoms with Crippen molar-refractivity contribution in [3.63, 3.8) is 0 Å². The fourth-order valence-electron chi connectivity index (χ4n) is 1.89. The number of carbonyl (C=O) groups excluding carboxylic acids is 3. The summed E-state index contributed by atoms with van der Waals surface area (Å²) in [7, 11) is 0. The molecule has 0 atom stereocenters. The molecule has 0 saturated heterocycles. The van der Waals surface area contributed by atoms with Crippen LogP contribution in [0, 0.1) is 0 Å². The Morgan fingerprint density at radius 3 is 2.44 bits per heavy atom. The lowest BCUT2D eigenvalue weighted by Crippen LogP contribution is -2.21. The van der Waals surface area contributed by atoms with Gasteiger partial charge in [0.15, 0.2) is 12.4 Å². The van der Waals surface area contributed by atoms with Crippen LogP contribution in [-0.2, 0) is 14.3 Å². The van der Waals surface area contributed by atoms with Gasteiger partial charge in [-0.25, -0.2) is 0 Å². The highest BCUT2D eigenvalue weighted by Crippen LogP contribution is 2.23. The average Bonchev–Trinajstić information content (AvgIpc) is 3.05. The monoisotopic (exact) mass is 397 g/mol. The number of carbonyl (C=O) groups is 3. The number of hydrogen-bond acceptors (Lipinski definition) is 6. The minimum absolute atomic E-state index is 0.0213. The van der Waals surface area contributed by atoms with Gasteiger partial charge < -0.3 is 10.1 Å². The summed E-state index contributed by atoms with van der Waals surface area (Å²) in [5.74, 6) is -1.20. The van der Waals surface area contributed by atoms with Crippen molar-refractivity contribution in [1.82, 2.24) is 0 Å². The van der Waals surface area contributed by atoms with E-state index in [1.807, 2.05) is 18.4 Å². The minimum Gasteiger partial charge on any atom is -0.456 e. The van der Waals surface area contributed by atoms with Gasteiger partial charge in [0.25, 0.3) is 5.91 Å². The van der Waals surface area contributed by atoms with Crippen molar-refractivity contribution in [3.8, 4) is 0 Å². The smallest absolute Gasteiger partial charge is 0.306 e. The molecule has 132 valence electrons. The Hall–Kier alpha value is -1.83. The Morgan fingerprint density at radius 2 is 1.84 bits per heavy atom. The average molecular weight is 398 g/mol. The standard InChI is InChI=1S/C17H16ClNO4S2/c1-24-12-4-2-11(3-5-12)19-16(21)10-23-17(22)9-6-13(20)14-7-8-15(18)25-14/h2-5,7-8H,6,9-10H2,1H3,(H,19,21). The van der Waals surface area contributed by atoms with E-state index in [-0.39, 0.29) is 25.2 Å². The number of nitrogens with one attached hydrogen (secondary N) is 1. The highest BCUT2D eigenvalue weighted by atomic mass is 35.5. The normalized spacial score (nSPS) is 10.3. The second-order valence-electron chi connectivity index (χ2n) is 4.96. The first-order valence-electron chi connectivity index (χ1n) is 7.36. The molecule has 2 rings (SSSR count). The molecule has 2 aromatic rings. The first-order chi connectivity index (χ1) is 12.0. The molecule has 1 N–H and O–H groups in total. The van der Waals surface area contributed by atoms with E-state index in [1.54, 1.807) is 36.0 Å². The number of rotatable bonds is 8. The molecule has 0 unspecified atom stereocenters. The number of hydrogen-bond donors (Lipinski definition) is 1. The maximum Gasteiger partial charge on any atom is 0.306 e. The van der Waals surface area contributed by atoms with Crippen LogP contribution in [0.15, 0.2) is 41.3 Å². The number of amides is 1. The lowest BCUT2D eigenvalue weighted by atomic mass is 10.2. The third-order valence-corrected chi connectivity index (χ3v) is 5.16. The molecule has 0 spiro atoms. The van der Waals surface area contributed by atoms with Gasteiger partial charge in [0.05, 0.1) is 15.6 Å². The zero-order chi connectivity index (χ0) is 18.2. The van der Waals surface area contributed by atoms with Crippen molar-refractivity contribution < 1.29 is 19.1 Å². The molecule has 1 heterocycles. The highest BCUT2D eigenvalue weighted by molar-refractivity contribution is 7.98. The van der Waals surface area contributed by atoms with Gasteiger partial charge in [-0.05, 0) is 42.7 Å². The van der Waals surface area contributed by atoms with Gasteiger partial charge in [-0.3, -0.25) is 14.4 Å². The first-order valence-corrected chi connectivity index (χ1v) is 9.78. The van der Waals surface area contributed by atoms with Crippen molar-refractivity contribution in [1.29, 1.82) is 0 Å². The Balaban J connectivity index is 1.70. The summed E-state index contributed by atoms with van der Waals surface area (Å²) in [5, 5.41) is 2.64. The van der Waals surface area contributed by atoms with Crippen LogP contribution in [0.5, 0.6) is 0 Å². The molecule has 5 nitrogen and oxygen atoms in total. The van der Waals surface area contributed by atoms with Gasteiger partial charge in [0.2, 0.25) is 0 Å². The maximum absolute atomic E-state index is 11.9. The molecule has 0 aliphatic rings. The van der Waals surface area contributed by atoms with Crippen LogP contribution in [-0.4, -0.2) is 30.5 Å². The number of Topliss-reactive ketones (excluding diaryl/α,β-unsaturated/α-hetero) is 1. The highest BCUT2D eigenvalue weighted by Gasteiger charge is 2.13. The molecule has 0 aliphatic heterocycles. The lowest BCUT2D eigenvalue weighted by Gasteiger charge is -2.07. The van der Waals surface area contributed by atoms with Gasteiger partial charge in [-0.2, -0.15) is 0 Å². The SMILES string of the molecule is CSc1ccc(NC(=O)COC(=O)CCC(=O)c2ccc(Cl)s2)cc1. The predicted octanol–water partition coefficient (Wildman–Crippen LogP) is 4.27. The molecule has 0 aliphatic carbocycles. The summed E-state index contributed by atoms with van der Waals surface area (Å²) >= 11 is 8.53. The summed E-state index contributed by atoms with van der Waals surface area (Å²) in [6.07, 6.45) is 1.91. The zero-order valence-electron chi connectivity index (χ0n) is 13.4. The number of esters is 1. The van der Waals surface area contributed by atoms with Gasteiger partial charge in [-0.15, -0.1) is 23.1 Å². The van der Waals surface area contributed by atoms with E-state index in [9.17, 15) is 14.4 Å². The van der Waals surface area contributed by atoms with Crippen molar-refractivity contribution in [2.24, 2.45) is 0 Å². The van der Waals surface area contributed by atoms with Crippen molar-refractivity contribution in [2.45, 2.75) is 17.7 Å². The van der Waals surface area contributed by atoms with E-state index in [2.05, 4.69) is 5.32 Å². The molecule has 8 heteroatoms. The molecule has 0 saturated carbocycles. The molecular formula is C17H16ClNO4S2. The summed E-state index contributed by atoms with van der Waals surface area (Å²) in [4.78, 5) is 36.9. The largest absolute Gasteiger partial charge is 0.456 e. The zero-order valence-corrected chi connectivity index (χ0v) is 15.8. The summed E-state index contributed by atoms with van der Waals surface area (Å²) in [6.45, 7) is -0.387. The van der Waals surface area contributed by atoms with Gasteiger partial charge in [0, 0.05) is 17.0 Å².